The predicted octanol–water partition coefficient (Wildman–Crippen LogP) is 1.61. The van der Waals surface area contributed by atoms with Crippen molar-refractivity contribution in [1.82, 2.24) is 9.88 Å². The number of nitrogens with zero attached hydrogens (tertiary/aromatic N) is 2. The SMILES string of the molecule is CC(CNc1cccc(C(N)=S)n1)N1CCCC1. The Morgan fingerprint density at radius 2 is 2.22 bits per heavy atom. The Kier molecular flexibility index (Phi) is 4.49. The molecule has 0 amide bonds. The second-order valence-corrected chi connectivity index (χ2v) is 5.19. The van der Waals surface area contributed by atoms with Crippen molar-refractivity contribution in [2.75, 3.05) is 25.0 Å². The summed E-state index contributed by atoms with van der Waals surface area (Å²) in [7, 11) is 0. The van der Waals surface area contributed by atoms with Crippen molar-refractivity contribution in [1.29, 1.82) is 0 Å². The molecular weight excluding hydrogens is 244 g/mol. The summed E-state index contributed by atoms with van der Waals surface area (Å²) in [6.45, 7) is 5.57. The molecule has 0 aromatic carbocycles. The summed E-state index contributed by atoms with van der Waals surface area (Å²) in [5, 5.41) is 3.35. The molecule has 1 atom stereocenters. The van der Waals surface area contributed by atoms with E-state index in [-0.39, 0.29) is 0 Å². The van der Waals surface area contributed by atoms with Gasteiger partial charge in [0.05, 0.1) is 5.69 Å². The number of rotatable bonds is 5. The van der Waals surface area contributed by atoms with Crippen molar-refractivity contribution in [3.8, 4) is 0 Å². The van der Waals surface area contributed by atoms with Crippen molar-refractivity contribution in [3.63, 3.8) is 0 Å². The summed E-state index contributed by atoms with van der Waals surface area (Å²) in [6, 6.07) is 6.23. The lowest BCUT2D eigenvalue weighted by atomic mass is 10.3. The van der Waals surface area contributed by atoms with Gasteiger partial charge in [0, 0.05) is 12.6 Å². The Labute approximate surface area is 114 Å². The molecule has 1 saturated heterocycles. The van der Waals surface area contributed by atoms with Crippen LogP contribution in [0.25, 0.3) is 0 Å². The molecule has 2 rings (SSSR count). The number of nitrogens with one attached hydrogen (secondary N) is 1. The van der Waals surface area contributed by atoms with Gasteiger partial charge in [0.25, 0.3) is 0 Å². The van der Waals surface area contributed by atoms with Gasteiger partial charge in [-0.3, -0.25) is 4.90 Å². The minimum atomic E-state index is 0.339. The van der Waals surface area contributed by atoms with Crippen LogP contribution in [-0.2, 0) is 0 Å². The second kappa shape index (κ2) is 6.11. The lowest BCUT2D eigenvalue weighted by Gasteiger charge is -2.24. The smallest absolute Gasteiger partial charge is 0.126 e. The Bertz CT molecular complexity index is 415. The first-order valence-electron chi connectivity index (χ1n) is 6.41. The van der Waals surface area contributed by atoms with E-state index >= 15 is 0 Å². The molecule has 0 aliphatic carbocycles. The topological polar surface area (TPSA) is 54.2 Å². The number of thiocarbonyl (C=S) groups is 1. The van der Waals surface area contributed by atoms with Crippen molar-refractivity contribution in [3.05, 3.63) is 23.9 Å². The van der Waals surface area contributed by atoms with E-state index in [4.69, 9.17) is 18.0 Å². The van der Waals surface area contributed by atoms with Crippen LogP contribution >= 0.6 is 12.2 Å². The Hall–Kier alpha value is -1.20. The third-order valence-electron chi connectivity index (χ3n) is 3.34. The van der Waals surface area contributed by atoms with Crippen molar-refractivity contribution >= 4 is 23.0 Å². The average Bonchev–Trinajstić information content (AvgIpc) is 2.90. The van der Waals surface area contributed by atoms with Crippen LogP contribution < -0.4 is 11.1 Å². The highest BCUT2D eigenvalue weighted by Gasteiger charge is 2.17. The molecule has 2 heterocycles. The lowest BCUT2D eigenvalue weighted by molar-refractivity contribution is 0.269. The summed E-state index contributed by atoms with van der Waals surface area (Å²) < 4.78 is 0. The molecule has 0 saturated carbocycles. The van der Waals surface area contributed by atoms with Crippen molar-refractivity contribution in [2.24, 2.45) is 5.73 Å². The van der Waals surface area contributed by atoms with Gasteiger partial charge in [0.2, 0.25) is 0 Å². The van der Waals surface area contributed by atoms with Crippen LogP contribution in [0.3, 0.4) is 0 Å². The van der Waals surface area contributed by atoms with Crippen LogP contribution in [0.5, 0.6) is 0 Å². The zero-order valence-corrected chi connectivity index (χ0v) is 11.5. The van der Waals surface area contributed by atoms with E-state index in [0.29, 0.717) is 16.7 Å². The maximum absolute atomic E-state index is 5.57. The molecule has 0 radical (unpaired) electrons. The zero-order chi connectivity index (χ0) is 13.0. The molecule has 0 spiro atoms. The first-order chi connectivity index (χ1) is 8.66. The zero-order valence-electron chi connectivity index (χ0n) is 10.7. The summed E-state index contributed by atoms with van der Waals surface area (Å²) >= 11 is 4.92. The highest BCUT2D eigenvalue weighted by Crippen LogP contribution is 2.12. The maximum Gasteiger partial charge on any atom is 0.126 e. The lowest BCUT2D eigenvalue weighted by Crippen LogP contribution is -2.35. The molecule has 1 aromatic heterocycles. The highest BCUT2D eigenvalue weighted by atomic mass is 32.1. The van der Waals surface area contributed by atoms with E-state index in [1.54, 1.807) is 0 Å². The van der Waals surface area contributed by atoms with Crippen LogP contribution in [0.15, 0.2) is 18.2 Å². The highest BCUT2D eigenvalue weighted by molar-refractivity contribution is 7.80. The molecule has 4 nitrogen and oxygen atoms in total. The van der Waals surface area contributed by atoms with Gasteiger partial charge in [0.15, 0.2) is 0 Å². The van der Waals surface area contributed by atoms with Gasteiger partial charge in [-0.2, -0.15) is 0 Å². The molecule has 0 bridgehead atoms. The van der Waals surface area contributed by atoms with Gasteiger partial charge < -0.3 is 11.1 Å². The van der Waals surface area contributed by atoms with Crippen LogP contribution in [0.4, 0.5) is 5.82 Å². The quantitative estimate of drug-likeness (QED) is 0.791. The largest absolute Gasteiger partial charge is 0.388 e. The number of anilines is 1. The summed E-state index contributed by atoms with van der Waals surface area (Å²) in [6.07, 6.45) is 2.64. The van der Waals surface area contributed by atoms with Crippen molar-refractivity contribution < 1.29 is 0 Å². The van der Waals surface area contributed by atoms with Gasteiger partial charge in [-0.15, -0.1) is 0 Å². The summed E-state index contributed by atoms with van der Waals surface area (Å²) in [5.74, 6) is 0.839. The van der Waals surface area contributed by atoms with E-state index in [0.717, 1.165) is 12.4 Å². The van der Waals surface area contributed by atoms with Crippen molar-refractivity contribution in [2.45, 2.75) is 25.8 Å². The van der Waals surface area contributed by atoms with E-state index < -0.39 is 0 Å². The second-order valence-electron chi connectivity index (χ2n) is 4.75. The normalized spacial score (nSPS) is 17.6. The van der Waals surface area contributed by atoms with Crippen LogP contribution in [0.1, 0.15) is 25.5 Å². The first kappa shape index (κ1) is 13.2. The molecule has 1 aliphatic heterocycles. The number of likely N-dealkylation sites (tertiary alicyclic amines) is 1. The van der Waals surface area contributed by atoms with E-state index in [2.05, 4.69) is 22.1 Å². The summed E-state index contributed by atoms with van der Waals surface area (Å²) in [5.41, 5.74) is 6.24. The molecular formula is C13H20N4S. The van der Waals surface area contributed by atoms with Crippen LogP contribution in [0.2, 0.25) is 0 Å². The third kappa shape index (κ3) is 3.40. The van der Waals surface area contributed by atoms with Gasteiger partial charge >= 0.3 is 0 Å². The van der Waals surface area contributed by atoms with Gasteiger partial charge in [-0.25, -0.2) is 4.98 Å². The maximum atomic E-state index is 5.57. The fourth-order valence-corrected chi connectivity index (χ4v) is 2.35. The Morgan fingerprint density at radius 1 is 1.50 bits per heavy atom. The molecule has 1 aliphatic rings. The number of pyridine rings is 1. The fraction of sp³-hybridized carbons (Fsp3) is 0.538. The molecule has 18 heavy (non-hydrogen) atoms. The number of aromatic nitrogens is 1. The number of nitrogens with two attached hydrogens (primary N) is 1. The van der Waals surface area contributed by atoms with E-state index in [1.165, 1.54) is 25.9 Å². The fourth-order valence-electron chi connectivity index (χ4n) is 2.23. The van der Waals surface area contributed by atoms with Crippen LogP contribution in [0, 0.1) is 0 Å². The van der Waals surface area contributed by atoms with Gasteiger partial charge in [-0.05, 0) is 45.0 Å². The molecule has 1 unspecified atom stereocenters. The predicted molar refractivity (Wildman–Crippen MR) is 78.9 cm³/mol. The van der Waals surface area contributed by atoms with Gasteiger partial charge in [0.1, 0.15) is 10.8 Å². The standard InChI is InChI=1S/C13H20N4S/c1-10(17-7-2-3-8-17)9-15-12-6-4-5-11(16-12)13(14)18/h4-6,10H,2-3,7-9H2,1H3,(H2,14,18)(H,15,16). The van der Waals surface area contributed by atoms with E-state index in [1.807, 2.05) is 18.2 Å². The number of hydrogen-bond acceptors (Lipinski definition) is 4. The van der Waals surface area contributed by atoms with Gasteiger partial charge in [-0.1, -0.05) is 18.3 Å². The third-order valence-corrected chi connectivity index (χ3v) is 3.55. The minimum absolute atomic E-state index is 0.339. The summed E-state index contributed by atoms with van der Waals surface area (Å²) in [4.78, 5) is 7.22. The monoisotopic (exact) mass is 264 g/mol. The molecule has 3 N–H and O–H groups in total. The molecule has 5 heteroatoms. The Balaban J connectivity index is 1.89. The first-order valence-corrected chi connectivity index (χ1v) is 6.82. The molecule has 98 valence electrons. The average molecular weight is 264 g/mol. The Morgan fingerprint density at radius 3 is 2.89 bits per heavy atom. The van der Waals surface area contributed by atoms with Crippen LogP contribution in [-0.4, -0.2) is 40.5 Å². The minimum Gasteiger partial charge on any atom is -0.388 e. The molecule has 1 aromatic rings. The number of hydrogen-bond donors (Lipinski definition) is 2. The molecule has 1 fully saturated rings. The van der Waals surface area contributed by atoms with E-state index in [9.17, 15) is 0 Å².